The number of piperidine rings is 2. The van der Waals surface area contributed by atoms with Gasteiger partial charge in [-0.1, -0.05) is 18.2 Å². The van der Waals surface area contributed by atoms with Crippen LogP contribution in [0, 0.1) is 5.82 Å². The lowest BCUT2D eigenvalue weighted by molar-refractivity contribution is -0.136. The van der Waals surface area contributed by atoms with Gasteiger partial charge in [0.05, 0.1) is 22.4 Å². The van der Waals surface area contributed by atoms with Gasteiger partial charge in [-0.05, 0) is 85.5 Å². The zero-order valence-corrected chi connectivity index (χ0v) is 30.1. The van der Waals surface area contributed by atoms with Crippen LogP contribution in [0.15, 0.2) is 78.9 Å². The van der Waals surface area contributed by atoms with Crippen LogP contribution in [0.3, 0.4) is 0 Å². The highest BCUT2D eigenvalue weighted by Crippen LogP contribution is 2.32. The number of rotatable bonds is 9. The van der Waals surface area contributed by atoms with E-state index in [-0.39, 0.29) is 24.0 Å². The minimum Gasteiger partial charge on any atom is -0.457 e. The van der Waals surface area contributed by atoms with Crippen LogP contribution in [-0.2, 0) is 16.1 Å². The van der Waals surface area contributed by atoms with E-state index < -0.39 is 41.4 Å². The number of primary amides is 1. The number of carbonyl (C=O) groups excluding carboxylic acids is 5. The second kappa shape index (κ2) is 15.0. The number of fused-ring (bicyclic) bond motifs is 1. The van der Waals surface area contributed by atoms with Crippen molar-refractivity contribution in [3.63, 3.8) is 0 Å². The van der Waals surface area contributed by atoms with Crippen LogP contribution in [0.1, 0.15) is 62.3 Å². The number of para-hydroxylation sites is 1. The predicted molar refractivity (Wildman–Crippen MR) is 200 cm³/mol. The minimum atomic E-state index is -1.14. The fourth-order valence-corrected chi connectivity index (χ4v) is 8.05. The Morgan fingerprint density at radius 1 is 0.836 bits per heavy atom. The van der Waals surface area contributed by atoms with E-state index in [1.54, 1.807) is 12.1 Å². The number of pyridine rings is 1. The number of ether oxygens (including phenoxy) is 1. The maximum atomic E-state index is 15.3. The molecule has 3 fully saturated rings. The molecule has 3 N–H and O–H groups in total. The molecule has 5 heterocycles. The smallest absolute Gasteiger partial charge is 0.265 e. The van der Waals surface area contributed by atoms with Gasteiger partial charge in [-0.25, -0.2) is 9.37 Å². The molecule has 4 aliphatic rings. The molecule has 4 aliphatic heterocycles. The lowest BCUT2D eigenvalue weighted by atomic mass is 10.0. The maximum absolute atomic E-state index is 15.3. The van der Waals surface area contributed by atoms with Gasteiger partial charge in [0, 0.05) is 63.8 Å². The van der Waals surface area contributed by atoms with Gasteiger partial charge >= 0.3 is 0 Å². The van der Waals surface area contributed by atoms with E-state index in [1.807, 2.05) is 60.7 Å². The van der Waals surface area contributed by atoms with Crippen LogP contribution >= 0.6 is 0 Å². The first-order valence-corrected chi connectivity index (χ1v) is 18.5. The molecule has 0 saturated carbocycles. The molecule has 4 aromatic rings. The Bertz CT molecular complexity index is 2170. The van der Waals surface area contributed by atoms with Crippen LogP contribution in [-0.4, -0.2) is 101 Å². The van der Waals surface area contributed by atoms with Crippen molar-refractivity contribution >= 4 is 35.4 Å². The second-order valence-corrected chi connectivity index (χ2v) is 14.3. The summed E-state index contributed by atoms with van der Waals surface area (Å²) in [6, 6.07) is 22.6. The summed E-state index contributed by atoms with van der Waals surface area (Å²) in [5.41, 5.74) is 7.60. The molecule has 0 bridgehead atoms. The second-order valence-electron chi connectivity index (χ2n) is 14.3. The number of anilines is 1. The van der Waals surface area contributed by atoms with Crippen molar-refractivity contribution in [1.82, 2.24) is 25.0 Å². The average molecular weight is 746 g/mol. The number of nitrogens with one attached hydrogen (secondary N) is 1. The van der Waals surface area contributed by atoms with Gasteiger partial charge in [0.15, 0.2) is 0 Å². The fourth-order valence-electron chi connectivity index (χ4n) is 8.05. The molecule has 55 heavy (non-hydrogen) atoms. The van der Waals surface area contributed by atoms with Gasteiger partial charge in [-0.15, -0.1) is 0 Å². The first kappa shape index (κ1) is 36.0. The van der Waals surface area contributed by atoms with Gasteiger partial charge < -0.3 is 15.4 Å². The van der Waals surface area contributed by atoms with E-state index >= 15 is 4.39 Å². The number of nitrogens with zero attached hydrogens (tertiary/aromatic N) is 5. The highest BCUT2D eigenvalue weighted by atomic mass is 19.1. The highest BCUT2D eigenvalue weighted by Gasteiger charge is 2.46. The Hall–Kier alpha value is -5.99. The number of carbonyl (C=O) groups is 5. The molecule has 1 aromatic heterocycles. The lowest BCUT2D eigenvalue weighted by Crippen LogP contribution is -2.54. The van der Waals surface area contributed by atoms with E-state index in [0.717, 1.165) is 74.1 Å². The van der Waals surface area contributed by atoms with Crippen LogP contribution in [0.2, 0.25) is 0 Å². The van der Waals surface area contributed by atoms with Crippen molar-refractivity contribution in [3.8, 4) is 22.8 Å². The molecule has 0 radical (unpaired) electrons. The van der Waals surface area contributed by atoms with E-state index in [1.165, 1.54) is 6.07 Å². The molecule has 14 heteroatoms. The monoisotopic (exact) mass is 745 g/mol. The summed E-state index contributed by atoms with van der Waals surface area (Å²) in [5, 5.41) is 2.16. The molecule has 282 valence electrons. The number of hydrogen-bond acceptors (Lipinski definition) is 10. The van der Waals surface area contributed by atoms with Gasteiger partial charge in [0.1, 0.15) is 29.2 Å². The number of amides is 5. The van der Waals surface area contributed by atoms with Crippen molar-refractivity contribution < 1.29 is 33.1 Å². The molecule has 5 amide bonds. The number of hydrogen-bond donors (Lipinski definition) is 2. The molecule has 0 aliphatic carbocycles. The summed E-state index contributed by atoms with van der Waals surface area (Å²) in [6.45, 7) is 5.18. The van der Waals surface area contributed by atoms with Gasteiger partial charge in [0.2, 0.25) is 11.8 Å². The first-order chi connectivity index (χ1) is 26.6. The molecule has 3 saturated heterocycles. The van der Waals surface area contributed by atoms with Gasteiger partial charge in [0.25, 0.3) is 17.7 Å². The Morgan fingerprint density at radius 3 is 2.24 bits per heavy atom. The zero-order valence-electron chi connectivity index (χ0n) is 30.1. The topological polar surface area (TPSA) is 158 Å². The normalized spacial score (nSPS) is 19.8. The molecule has 13 nitrogen and oxygen atoms in total. The zero-order chi connectivity index (χ0) is 38.2. The first-order valence-electron chi connectivity index (χ1n) is 18.5. The molecular weight excluding hydrogens is 705 g/mol. The number of piperazine rings is 1. The lowest BCUT2D eigenvalue weighted by Gasteiger charge is -2.43. The largest absolute Gasteiger partial charge is 0.457 e. The molecule has 8 rings (SSSR count). The average Bonchev–Trinajstić information content (AvgIpc) is 3.44. The SMILES string of the molecule is NC(=O)c1ccc(N2CCC(N3CCN(Cc4cc(F)c5c(c4)C(=O)N(C4CCC(=O)NC4=O)C5=O)CC3)CC2)nc1-c1ccc(Oc2ccccc2)cc1. The maximum Gasteiger partial charge on any atom is 0.265 e. The van der Waals surface area contributed by atoms with Crippen molar-refractivity contribution in [1.29, 1.82) is 0 Å². The van der Waals surface area contributed by atoms with Gasteiger partial charge in [-0.3, -0.25) is 44.0 Å². The number of imide groups is 2. The Labute approximate surface area is 316 Å². The molecule has 0 spiro atoms. The number of nitrogens with two attached hydrogens (primary N) is 1. The number of halogens is 1. The van der Waals surface area contributed by atoms with Crippen LogP contribution in [0.4, 0.5) is 10.2 Å². The Morgan fingerprint density at radius 2 is 1.55 bits per heavy atom. The Balaban J connectivity index is 0.862. The molecule has 1 unspecified atom stereocenters. The summed E-state index contributed by atoms with van der Waals surface area (Å²) in [6.07, 6.45) is 1.89. The molecule has 1 atom stereocenters. The summed E-state index contributed by atoms with van der Waals surface area (Å²) < 4.78 is 21.2. The van der Waals surface area contributed by atoms with Crippen LogP contribution in [0.25, 0.3) is 11.3 Å². The number of benzene rings is 3. The fraction of sp³-hybridized carbons (Fsp3) is 0.317. The van der Waals surface area contributed by atoms with Crippen molar-refractivity contribution in [3.05, 3.63) is 107 Å². The van der Waals surface area contributed by atoms with E-state index in [4.69, 9.17) is 15.5 Å². The summed E-state index contributed by atoms with van der Waals surface area (Å²) >= 11 is 0. The van der Waals surface area contributed by atoms with Crippen LogP contribution < -0.4 is 20.7 Å². The summed E-state index contributed by atoms with van der Waals surface area (Å²) in [7, 11) is 0. The van der Waals surface area contributed by atoms with Gasteiger partial charge in [-0.2, -0.15) is 0 Å². The van der Waals surface area contributed by atoms with Crippen molar-refractivity contribution in [2.75, 3.05) is 44.2 Å². The quantitative estimate of drug-likeness (QED) is 0.240. The van der Waals surface area contributed by atoms with E-state index in [9.17, 15) is 24.0 Å². The Kier molecular flexibility index (Phi) is 9.84. The third-order valence-electron chi connectivity index (χ3n) is 10.9. The third-order valence-corrected chi connectivity index (χ3v) is 10.9. The minimum absolute atomic E-state index is 0.00449. The third kappa shape index (κ3) is 7.30. The molecule has 3 aromatic carbocycles. The highest BCUT2D eigenvalue weighted by molar-refractivity contribution is 6.23. The standard InChI is InChI=1S/C41H40FN7O6/c42-32-23-25(22-31-36(32)41(54)49(40(31)53)33-11-13-35(50)45-39(33)52)24-46-18-20-47(21-19-46)27-14-16-48(17-15-27)34-12-10-30(38(43)51)37(44-34)26-6-8-29(9-7-26)55-28-4-2-1-3-5-28/h1-10,12,22-23,27,33H,11,13-21,24H2,(H2,43,51)(H,45,50,52). The molecular formula is C41H40FN7O6. The number of aromatic nitrogens is 1. The van der Waals surface area contributed by atoms with Crippen LogP contribution in [0.5, 0.6) is 11.5 Å². The van der Waals surface area contributed by atoms with Crippen molar-refractivity contribution in [2.24, 2.45) is 5.73 Å². The predicted octanol–water partition coefficient (Wildman–Crippen LogP) is 3.97. The summed E-state index contributed by atoms with van der Waals surface area (Å²) in [5.74, 6) is -1.91. The van der Waals surface area contributed by atoms with E-state index in [0.29, 0.717) is 35.2 Å². The van der Waals surface area contributed by atoms with Crippen molar-refractivity contribution in [2.45, 2.75) is 44.3 Å². The summed E-state index contributed by atoms with van der Waals surface area (Å²) in [4.78, 5) is 75.4. The van der Waals surface area contributed by atoms with E-state index in [2.05, 4.69) is 20.0 Å².